The van der Waals surface area contributed by atoms with E-state index in [4.69, 9.17) is 22.4 Å². The second-order valence-corrected chi connectivity index (χ2v) is 4.03. The second kappa shape index (κ2) is 4.66. The summed E-state index contributed by atoms with van der Waals surface area (Å²) < 4.78 is 14.5. The van der Waals surface area contributed by atoms with E-state index in [0.29, 0.717) is 5.56 Å². The van der Waals surface area contributed by atoms with E-state index in [1.807, 2.05) is 0 Å². The molecule has 0 amide bonds. The van der Waals surface area contributed by atoms with Gasteiger partial charge in [-0.1, -0.05) is 23.7 Å². The fraction of sp³-hybridized carbons (Fsp3) is 0.0909. The highest BCUT2D eigenvalue weighted by atomic mass is 35.5. The van der Waals surface area contributed by atoms with Crippen LogP contribution in [0.4, 0.5) is 10.1 Å². The average molecular weight is 270 g/mol. The molecular formula is C11H9ClFN3O2. The van der Waals surface area contributed by atoms with E-state index in [1.165, 1.54) is 23.0 Å². The highest BCUT2D eigenvalue weighted by molar-refractivity contribution is 6.31. The lowest BCUT2D eigenvalue weighted by atomic mass is 10.2. The Labute approximate surface area is 107 Å². The van der Waals surface area contributed by atoms with Gasteiger partial charge < -0.3 is 10.8 Å². The van der Waals surface area contributed by atoms with Crippen LogP contribution in [-0.2, 0) is 6.54 Å². The Balaban J connectivity index is 2.32. The van der Waals surface area contributed by atoms with Crippen molar-refractivity contribution >= 4 is 23.3 Å². The van der Waals surface area contributed by atoms with Gasteiger partial charge >= 0.3 is 5.97 Å². The van der Waals surface area contributed by atoms with E-state index in [0.717, 1.165) is 0 Å². The number of anilines is 1. The van der Waals surface area contributed by atoms with Gasteiger partial charge in [0.25, 0.3) is 0 Å². The molecule has 94 valence electrons. The van der Waals surface area contributed by atoms with Crippen molar-refractivity contribution in [3.63, 3.8) is 0 Å². The van der Waals surface area contributed by atoms with Crippen molar-refractivity contribution in [2.24, 2.45) is 0 Å². The summed E-state index contributed by atoms with van der Waals surface area (Å²) in [5, 5.41) is 12.6. The minimum atomic E-state index is -1.21. The number of carboxylic acids is 1. The molecule has 0 unspecified atom stereocenters. The highest BCUT2D eigenvalue weighted by Crippen LogP contribution is 2.21. The van der Waals surface area contributed by atoms with Crippen LogP contribution in [0.15, 0.2) is 24.4 Å². The van der Waals surface area contributed by atoms with Crippen LogP contribution in [-0.4, -0.2) is 20.9 Å². The van der Waals surface area contributed by atoms with Crippen LogP contribution in [0.1, 0.15) is 16.1 Å². The van der Waals surface area contributed by atoms with Crippen molar-refractivity contribution in [1.29, 1.82) is 0 Å². The molecule has 0 saturated heterocycles. The van der Waals surface area contributed by atoms with Crippen molar-refractivity contribution in [2.75, 3.05) is 5.73 Å². The third-order valence-electron chi connectivity index (χ3n) is 2.36. The van der Waals surface area contributed by atoms with Crippen LogP contribution in [0.5, 0.6) is 0 Å². The van der Waals surface area contributed by atoms with Crippen molar-refractivity contribution in [3.05, 3.63) is 46.5 Å². The van der Waals surface area contributed by atoms with Crippen molar-refractivity contribution < 1.29 is 14.3 Å². The zero-order chi connectivity index (χ0) is 13.3. The van der Waals surface area contributed by atoms with Gasteiger partial charge in [0.15, 0.2) is 5.69 Å². The molecule has 0 atom stereocenters. The number of nitrogens with zero attached hydrogens (tertiary/aromatic N) is 2. The Morgan fingerprint density at radius 3 is 2.89 bits per heavy atom. The summed E-state index contributed by atoms with van der Waals surface area (Å²) in [6.07, 6.45) is 1.37. The lowest BCUT2D eigenvalue weighted by molar-refractivity contribution is 0.0690. The summed E-state index contributed by atoms with van der Waals surface area (Å²) >= 11 is 5.79. The molecule has 1 aromatic carbocycles. The topological polar surface area (TPSA) is 81.1 Å². The van der Waals surface area contributed by atoms with Crippen molar-refractivity contribution in [3.8, 4) is 0 Å². The molecule has 18 heavy (non-hydrogen) atoms. The Morgan fingerprint density at radius 1 is 1.56 bits per heavy atom. The minimum Gasteiger partial charge on any atom is -0.476 e. The standard InChI is InChI=1S/C11H9ClFN3O2/c12-9-6(2-1-3-7(9)13)4-16-5-8(14)10(15-16)11(17)18/h1-3,5H,4,14H2,(H,17,18). The number of benzene rings is 1. The molecule has 1 aromatic heterocycles. The van der Waals surface area contributed by atoms with Gasteiger partial charge in [0.2, 0.25) is 0 Å². The SMILES string of the molecule is Nc1cn(Cc2cccc(F)c2Cl)nc1C(=O)O. The summed E-state index contributed by atoms with van der Waals surface area (Å²) in [6.45, 7) is 0.147. The van der Waals surface area contributed by atoms with Crippen LogP contribution < -0.4 is 5.73 Å². The molecule has 0 saturated carbocycles. The van der Waals surface area contributed by atoms with Gasteiger partial charge in [-0.3, -0.25) is 4.68 Å². The Kier molecular flexibility index (Phi) is 3.20. The molecule has 1 heterocycles. The zero-order valence-electron chi connectivity index (χ0n) is 9.10. The van der Waals surface area contributed by atoms with Gasteiger partial charge in [0.1, 0.15) is 5.82 Å². The van der Waals surface area contributed by atoms with Gasteiger partial charge in [-0.25, -0.2) is 9.18 Å². The van der Waals surface area contributed by atoms with Gasteiger partial charge in [0.05, 0.1) is 17.3 Å². The van der Waals surface area contributed by atoms with Crippen LogP contribution in [0, 0.1) is 5.82 Å². The molecule has 0 bridgehead atoms. The first-order valence-corrected chi connectivity index (χ1v) is 5.36. The summed E-state index contributed by atoms with van der Waals surface area (Å²) in [7, 11) is 0. The van der Waals surface area contributed by atoms with Crippen LogP contribution in [0.3, 0.4) is 0 Å². The van der Waals surface area contributed by atoms with Gasteiger partial charge in [-0.15, -0.1) is 0 Å². The number of hydrogen-bond donors (Lipinski definition) is 2. The number of nitrogens with two attached hydrogens (primary N) is 1. The molecule has 0 aliphatic rings. The van der Waals surface area contributed by atoms with E-state index in [-0.39, 0.29) is 22.9 Å². The quantitative estimate of drug-likeness (QED) is 0.893. The summed E-state index contributed by atoms with van der Waals surface area (Å²) in [5.74, 6) is -1.75. The molecule has 5 nitrogen and oxygen atoms in total. The third kappa shape index (κ3) is 2.28. The number of aromatic carboxylic acids is 1. The molecule has 0 aliphatic carbocycles. The largest absolute Gasteiger partial charge is 0.476 e. The minimum absolute atomic E-state index is 0.0107. The van der Waals surface area contributed by atoms with Gasteiger partial charge in [0, 0.05) is 6.20 Å². The highest BCUT2D eigenvalue weighted by Gasteiger charge is 2.14. The molecular weight excluding hydrogens is 261 g/mol. The molecule has 0 fully saturated rings. The Hall–Kier alpha value is -2.08. The first-order chi connectivity index (χ1) is 8.49. The number of carboxylic acid groups (broad SMARTS) is 1. The van der Waals surface area contributed by atoms with Gasteiger partial charge in [-0.05, 0) is 11.6 Å². The normalized spacial score (nSPS) is 10.6. The molecule has 0 spiro atoms. The molecule has 0 radical (unpaired) electrons. The maximum atomic E-state index is 13.2. The van der Waals surface area contributed by atoms with E-state index < -0.39 is 11.8 Å². The first kappa shape index (κ1) is 12.4. The second-order valence-electron chi connectivity index (χ2n) is 3.65. The number of halogens is 2. The molecule has 2 rings (SSSR count). The van der Waals surface area contributed by atoms with E-state index >= 15 is 0 Å². The lowest BCUT2D eigenvalue weighted by Gasteiger charge is -2.04. The van der Waals surface area contributed by atoms with E-state index in [2.05, 4.69) is 5.10 Å². The van der Waals surface area contributed by atoms with Crippen molar-refractivity contribution in [1.82, 2.24) is 9.78 Å². The number of carbonyl (C=O) groups is 1. The number of rotatable bonds is 3. The van der Waals surface area contributed by atoms with Crippen LogP contribution in [0.2, 0.25) is 5.02 Å². The summed E-state index contributed by atoms with van der Waals surface area (Å²) in [4.78, 5) is 10.8. The van der Waals surface area contributed by atoms with E-state index in [9.17, 15) is 9.18 Å². The smallest absolute Gasteiger partial charge is 0.358 e. The first-order valence-electron chi connectivity index (χ1n) is 4.98. The monoisotopic (exact) mass is 269 g/mol. The number of hydrogen-bond acceptors (Lipinski definition) is 3. The van der Waals surface area contributed by atoms with Crippen molar-refractivity contribution in [2.45, 2.75) is 6.54 Å². The number of nitrogen functional groups attached to an aromatic ring is 1. The molecule has 7 heteroatoms. The Morgan fingerprint density at radius 2 is 2.28 bits per heavy atom. The van der Waals surface area contributed by atoms with E-state index in [1.54, 1.807) is 6.07 Å². The zero-order valence-corrected chi connectivity index (χ0v) is 9.86. The predicted octanol–water partition coefficient (Wildman–Crippen LogP) is 2.00. The fourth-order valence-electron chi connectivity index (χ4n) is 1.53. The van der Waals surface area contributed by atoms with Crippen LogP contribution >= 0.6 is 11.6 Å². The Bertz CT molecular complexity index is 612. The number of aromatic nitrogens is 2. The summed E-state index contributed by atoms with van der Waals surface area (Å²) in [6, 6.07) is 4.39. The maximum Gasteiger partial charge on any atom is 0.358 e. The lowest BCUT2D eigenvalue weighted by Crippen LogP contribution is -2.05. The third-order valence-corrected chi connectivity index (χ3v) is 2.78. The predicted molar refractivity (Wildman–Crippen MR) is 64.1 cm³/mol. The average Bonchev–Trinajstić information content (AvgIpc) is 2.66. The molecule has 0 aliphatic heterocycles. The molecule has 3 N–H and O–H groups in total. The fourth-order valence-corrected chi connectivity index (χ4v) is 1.71. The molecule has 2 aromatic rings. The van der Waals surface area contributed by atoms with Crippen LogP contribution in [0.25, 0.3) is 0 Å². The van der Waals surface area contributed by atoms with Gasteiger partial charge in [-0.2, -0.15) is 5.10 Å². The summed E-state index contributed by atoms with van der Waals surface area (Å²) in [5.41, 5.74) is 5.81. The maximum absolute atomic E-state index is 13.2.